The van der Waals surface area contributed by atoms with E-state index in [1.807, 2.05) is 0 Å². The van der Waals surface area contributed by atoms with Gasteiger partial charge in [-0.2, -0.15) is 0 Å². The number of ether oxygens (including phenoxy) is 1. The molecule has 0 aliphatic rings. The second-order valence-corrected chi connectivity index (χ2v) is 9.86. The van der Waals surface area contributed by atoms with Crippen LogP contribution in [0, 0.1) is 17.0 Å². The van der Waals surface area contributed by atoms with E-state index >= 15 is 0 Å². The Labute approximate surface area is 184 Å². The van der Waals surface area contributed by atoms with Gasteiger partial charge in [-0.05, 0) is 30.7 Å². The van der Waals surface area contributed by atoms with Gasteiger partial charge in [0.2, 0.25) is 0 Å². The Morgan fingerprint density at radius 1 is 1.17 bits per heavy atom. The number of halogens is 1. The number of carbonyl (C=O) groups is 1. The molecule has 3 rings (SSSR count). The summed E-state index contributed by atoms with van der Waals surface area (Å²) in [6.07, 6.45) is 0. The molecule has 0 aliphatic carbocycles. The van der Waals surface area contributed by atoms with Crippen LogP contribution in [0.2, 0.25) is 0 Å². The van der Waals surface area contributed by atoms with Crippen molar-refractivity contribution in [2.45, 2.75) is 11.8 Å². The molecule has 11 heteroatoms. The average molecular weight is 511 g/mol. The zero-order valence-electron chi connectivity index (χ0n) is 15.7. The third-order valence-corrected chi connectivity index (χ3v) is 7.26. The van der Waals surface area contributed by atoms with E-state index in [1.54, 1.807) is 31.2 Å². The number of sulfonamides is 1. The Hall–Kier alpha value is -2.76. The van der Waals surface area contributed by atoms with Gasteiger partial charge >= 0.3 is 5.97 Å². The summed E-state index contributed by atoms with van der Waals surface area (Å²) in [5, 5.41) is 11.3. The maximum atomic E-state index is 12.9. The lowest BCUT2D eigenvalue weighted by Crippen LogP contribution is -2.16. The van der Waals surface area contributed by atoms with Crippen LogP contribution < -0.4 is 4.72 Å². The summed E-state index contributed by atoms with van der Waals surface area (Å²) in [5.41, 5.74) is 0.707. The first-order chi connectivity index (χ1) is 14.2. The Morgan fingerprint density at radius 3 is 2.40 bits per heavy atom. The molecule has 3 aromatic rings. The normalized spacial score (nSPS) is 11.2. The molecular formula is C19H15BrN2O6S2. The van der Waals surface area contributed by atoms with Crippen molar-refractivity contribution in [3.8, 4) is 11.1 Å². The predicted octanol–water partition coefficient (Wildman–Crippen LogP) is 4.98. The first-order valence-electron chi connectivity index (χ1n) is 8.39. The third kappa shape index (κ3) is 4.23. The van der Waals surface area contributed by atoms with Crippen LogP contribution in [0.3, 0.4) is 0 Å². The fraction of sp³-hybridized carbons (Fsp3) is 0.105. The molecule has 0 spiro atoms. The van der Waals surface area contributed by atoms with Crippen LogP contribution in [0.5, 0.6) is 0 Å². The number of carbonyl (C=O) groups excluding carboxylic acids is 1. The van der Waals surface area contributed by atoms with Crippen LogP contribution in [0.4, 0.5) is 10.7 Å². The van der Waals surface area contributed by atoms with E-state index in [2.05, 4.69) is 20.7 Å². The highest BCUT2D eigenvalue weighted by molar-refractivity contribution is 9.10. The lowest BCUT2D eigenvalue weighted by molar-refractivity contribution is -0.387. The van der Waals surface area contributed by atoms with Gasteiger partial charge in [0.25, 0.3) is 15.7 Å². The quantitative estimate of drug-likeness (QED) is 0.284. The number of esters is 1. The summed E-state index contributed by atoms with van der Waals surface area (Å²) in [4.78, 5) is 23.2. The Morgan fingerprint density at radius 2 is 1.80 bits per heavy atom. The van der Waals surface area contributed by atoms with Gasteiger partial charge < -0.3 is 4.74 Å². The smallest absolute Gasteiger partial charge is 0.341 e. The molecule has 8 nitrogen and oxygen atoms in total. The molecule has 0 aliphatic heterocycles. The largest absolute Gasteiger partial charge is 0.465 e. The number of hydrogen-bond donors (Lipinski definition) is 1. The van der Waals surface area contributed by atoms with E-state index in [9.17, 15) is 23.3 Å². The highest BCUT2D eigenvalue weighted by Crippen LogP contribution is 2.41. The molecule has 0 amide bonds. The summed E-state index contributed by atoms with van der Waals surface area (Å²) in [6, 6.07) is 12.2. The molecule has 0 unspecified atom stereocenters. The van der Waals surface area contributed by atoms with E-state index in [0.29, 0.717) is 16.0 Å². The van der Waals surface area contributed by atoms with Crippen molar-refractivity contribution >= 4 is 53.9 Å². The molecule has 0 fully saturated rings. The second kappa shape index (κ2) is 8.54. The van der Waals surface area contributed by atoms with E-state index in [4.69, 9.17) is 4.74 Å². The number of para-hydroxylation sites is 1. The first kappa shape index (κ1) is 21.9. The number of thiophene rings is 1. The summed E-state index contributed by atoms with van der Waals surface area (Å²) in [6.45, 7) is 1.75. The van der Waals surface area contributed by atoms with Crippen molar-refractivity contribution < 1.29 is 22.9 Å². The fourth-order valence-corrected chi connectivity index (χ4v) is 5.70. The van der Waals surface area contributed by atoms with Gasteiger partial charge in [0.15, 0.2) is 4.90 Å². The fourth-order valence-electron chi connectivity index (χ4n) is 2.89. The standard InChI is InChI=1S/C19H15BrN2O6S2/c1-11-16(12-7-9-13(20)10-8-12)17(19(23)28-2)18(29-11)21-30(26,27)15-6-4-3-5-14(15)22(24)25/h3-10,21H,1-2H3. The van der Waals surface area contributed by atoms with Crippen molar-refractivity contribution in [1.29, 1.82) is 0 Å². The zero-order chi connectivity index (χ0) is 22.1. The highest BCUT2D eigenvalue weighted by Gasteiger charge is 2.30. The number of nitro groups is 1. The van der Waals surface area contributed by atoms with Gasteiger partial charge in [0, 0.05) is 21.0 Å². The summed E-state index contributed by atoms with van der Waals surface area (Å²) >= 11 is 4.40. The number of methoxy groups -OCH3 is 1. The minimum atomic E-state index is -4.34. The van der Waals surface area contributed by atoms with Gasteiger partial charge in [0.1, 0.15) is 10.6 Å². The molecule has 0 bridgehead atoms. The third-order valence-electron chi connectivity index (χ3n) is 4.19. The average Bonchev–Trinajstić information content (AvgIpc) is 3.03. The molecule has 2 aromatic carbocycles. The van der Waals surface area contributed by atoms with Crippen LogP contribution in [-0.2, 0) is 14.8 Å². The molecule has 1 aromatic heterocycles. The first-order valence-corrected chi connectivity index (χ1v) is 11.5. The Balaban J connectivity index is 2.15. The minimum Gasteiger partial charge on any atom is -0.465 e. The predicted molar refractivity (Wildman–Crippen MR) is 117 cm³/mol. The number of anilines is 1. The number of nitrogens with one attached hydrogen (secondary N) is 1. The molecule has 0 saturated heterocycles. The van der Waals surface area contributed by atoms with Crippen LogP contribution in [0.25, 0.3) is 11.1 Å². The number of hydrogen-bond acceptors (Lipinski definition) is 7. The summed E-state index contributed by atoms with van der Waals surface area (Å²) in [7, 11) is -3.15. The van der Waals surface area contributed by atoms with E-state index in [0.717, 1.165) is 27.9 Å². The van der Waals surface area contributed by atoms with Gasteiger partial charge in [0.05, 0.1) is 12.0 Å². The highest BCUT2D eigenvalue weighted by atomic mass is 79.9. The minimum absolute atomic E-state index is 0.0235. The van der Waals surface area contributed by atoms with Gasteiger partial charge in [-0.3, -0.25) is 14.8 Å². The number of aryl methyl sites for hydroxylation is 1. The number of rotatable bonds is 6. The van der Waals surface area contributed by atoms with Crippen LogP contribution >= 0.6 is 27.3 Å². The lowest BCUT2D eigenvalue weighted by Gasteiger charge is -2.10. The number of nitro benzene ring substituents is 1. The maximum Gasteiger partial charge on any atom is 0.341 e. The molecule has 0 radical (unpaired) electrons. The maximum absolute atomic E-state index is 12.9. The van der Waals surface area contributed by atoms with E-state index < -0.39 is 31.5 Å². The number of benzene rings is 2. The van der Waals surface area contributed by atoms with Crippen molar-refractivity contribution in [3.05, 3.63) is 73.6 Å². The van der Waals surface area contributed by atoms with Crippen LogP contribution in [0.15, 0.2) is 57.9 Å². The van der Waals surface area contributed by atoms with Crippen molar-refractivity contribution in [2.24, 2.45) is 0 Å². The molecule has 156 valence electrons. The number of nitrogens with zero attached hydrogens (tertiary/aromatic N) is 1. The van der Waals surface area contributed by atoms with Crippen molar-refractivity contribution in [1.82, 2.24) is 0 Å². The van der Waals surface area contributed by atoms with Crippen LogP contribution in [0.1, 0.15) is 15.2 Å². The Bertz CT molecular complexity index is 1240. The summed E-state index contributed by atoms with van der Waals surface area (Å²) < 4.78 is 33.9. The van der Waals surface area contributed by atoms with Crippen molar-refractivity contribution in [2.75, 3.05) is 11.8 Å². The van der Waals surface area contributed by atoms with Crippen molar-refractivity contribution in [3.63, 3.8) is 0 Å². The van der Waals surface area contributed by atoms with Gasteiger partial charge in [-0.15, -0.1) is 11.3 Å². The van der Waals surface area contributed by atoms with Gasteiger partial charge in [-0.25, -0.2) is 13.2 Å². The molecule has 1 heterocycles. The lowest BCUT2D eigenvalue weighted by atomic mass is 10.0. The Kier molecular flexibility index (Phi) is 6.25. The molecule has 30 heavy (non-hydrogen) atoms. The van der Waals surface area contributed by atoms with E-state index in [-0.39, 0.29) is 10.6 Å². The zero-order valence-corrected chi connectivity index (χ0v) is 18.9. The SMILES string of the molecule is COC(=O)c1c(NS(=O)(=O)c2ccccc2[N+](=O)[O-])sc(C)c1-c1ccc(Br)cc1. The van der Waals surface area contributed by atoms with Crippen LogP contribution in [-0.4, -0.2) is 26.4 Å². The second-order valence-electron chi connectivity index (χ2n) is 6.07. The van der Waals surface area contributed by atoms with E-state index in [1.165, 1.54) is 19.2 Å². The molecule has 0 saturated carbocycles. The molecular weight excluding hydrogens is 496 g/mol. The summed E-state index contributed by atoms with van der Waals surface area (Å²) in [5.74, 6) is -0.725. The monoisotopic (exact) mass is 510 g/mol. The topological polar surface area (TPSA) is 116 Å². The van der Waals surface area contributed by atoms with Gasteiger partial charge in [-0.1, -0.05) is 40.2 Å². The molecule has 0 atom stereocenters. The molecule has 1 N–H and O–H groups in total.